The number of carbonyl (C=O) groups is 2. The predicted octanol–water partition coefficient (Wildman–Crippen LogP) is 2.47. The van der Waals surface area contributed by atoms with Crippen molar-refractivity contribution in [2.45, 2.75) is 25.9 Å². The lowest BCUT2D eigenvalue weighted by atomic mass is 10.1. The predicted molar refractivity (Wildman–Crippen MR) is 102 cm³/mol. The first-order chi connectivity index (χ1) is 13.1. The summed E-state index contributed by atoms with van der Waals surface area (Å²) < 4.78 is 13.5. The third kappa shape index (κ3) is 5.62. The summed E-state index contributed by atoms with van der Waals surface area (Å²) in [5, 5.41) is 5.18. The van der Waals surface area contributed by atoms with Gasteiger partial charge in [0.25, 0.3) is 5.91 Å². The Hall–Kier alpha value is -2.73. The number of hydrogen-bond donors (Lipinski definition) is 2. The van der Waals surface area contributed by atoms with Crippen molar-refractivity contribution in [3.8, 4) is 0 Å². The SMILES string of the molecule is O=C(CNC(=O)c1ccccc1F)NCc1ccc(CN2CCCC2)cc1. The maximum Gasteiger partial charge on any atom is 0.254 e. The molecule has 1 aliphatic heterocycles. The molecule has 0 bridgehead atoms. The zero-order valence-corrected chi connectivity index (χ0v) is 15.2. The number of hydrogen-bond acceptors (Lipinski definition) is 3. The molecule has 1 aliphatic rings. The second-order valence-electron chi connectivity index (χ2n) is 6.74. The Morgan fingerprint density at radius 2 is 1.59 bits per heavy atom. The number of benzene rings is 2. The number of nitrogens with one attached hydrogen (secondary N) is 2. The van der Waals surface area contributed by atoms with E-state index in [1.807, 2.05) is 12.1 Å². The molecule has 0 unspecified atom stereocenters. The molecule has 1 saturated heterocycles. The molecule has 0 radical (unpaired) electrons. The molecule has 0 aromatic heterocycles. The monoisotopic (exact) mass is 369 g/mol. The van der Waals surface area contributed by atoms with Crippen LogP contribution in [0.1, 0.15) is 34.3 Å². The third-order valence-electron chi connectivity index (χ3n) is 4.65. The van der Waals surface area contributed by atoms with Gasteiger partial charge in [-0.1, -0.05) is 36.4 Å². The van der Waals surface area contributed by atoms with Gasteiger partial charge < -0.3 is 10.6 Å². The molecule has 0 saturated carbocycles. The van der Waals surface area contributed by atoms with Crippen molar-refractivity contribution < 1.29 is 14.0 Å². The van der Waals surface area contributed by atoms with E-state index in [-0.39, 0.29) is 18.0 Å². The van der Waals surface area contributed by atoms with Crippen LogP contribution in [0.25, 0.3) is 0 Å². The van der Waals surface area contributed by atoms with Crippen LogP contribution in [0.5, 0.6) is 0 Å². The van der Waals surface area contributed by atoms with Gasteiger partial charge in [0.05, 0.1) is 12.1 Å². The van der Waals surface area contributed by atoms with Crippen LogP contribution >= 0.6 is 0 Å². The number of nitrogens with zero attached hydrogens (tertiary/aromatic N) is 1. The molecule has 1 heterocycles. The molecule has 2 N–H and O–H groups in total. The van der Waals surface area contributed by atoms with E-state index in [9.17, 15) is 14.0 Å². The van der Waals surface area contributed by atoms with E-state index in [4.69, 9.17) is 0 Å². The minimum absolute atomic E-state index is 0.0705. The Labute approximate surface area is 158 Å². The summed E-state index contributed by atoms with van der Waals surface area (Å²) in [6.45, 7) is 3.49. The van der Waals surface area contributed by atoms with Gasteiger partial charge in [0.15, 0.2) is 0 Å². The van der Waals surface area contributed by atoms with Crippen LogP contribution in [0, 0.1) is 5.82 Å². The highest BCUT2D eigenvalue weighted by Crippen LogP contribution is 2.13. The number of rotatable bonds is 7. The zero-order valence-electron chi connectivity index (χ0n) is 15.2. The average molecular weight is 369 g/mol. The summed E-state index contributed by atoms with van der Waals surface area (Å²) in [7, 11) is 0. The fraction of sp³-hybridized carbons (Fsp3) is 0.333. The topological polar surface area (TPSA) is 61.4 Å². The standard InChI is InChI=1S/C21H24FN3O2/c22-19-6-2-1-5-18(19)21(27)24-14-20(26)23-13-16-7-9-17(10-8-16)15-25-11-3-4-12-25/h1-2,5-10H,3-4,11-15H2,(H,23,26)(H,24,27). The highest BCUT2D eigenvalue weighted by Gasteiger charge is 2.13. The first-order valence-electron chi connectivity index (χ1n) is 9.21. The van der Waals surface area contributed by atoms with E-state index in [2.05, 4.69) is 27.7 Å². The summed E-state index contributed by atoms with van der Waals surface area (Å²) >= 11 is 0. The molecule has 5 nitrogen and oxygen atoms in total. The highest BCUT2D eigenvalue weighted by molar-refractivity contribution is 5.96. The third-order valence-corrected chi connectivity index (χ3v) is 4.65. The van der Waals surface area contributed by atoms with Crippen molar-refractivity contribution in [1.29, 1.82) is 0 Å². The Balaban J connectivity index is 1.41. The first kappa shape index (κ1) is 19.0. The van der Waals surface area contributed by atoms with Crippen molar-refractivity contribution in [3.05, 3.63) is 71.0 Å². The minimum Gasteiger partial charge on any atom is -0.350 e. The smallest absolute Gasteiger partial charge is 0.254 e. The zero-order chi connectivity index (χ0) is 19.1. The van der Waals surface area contributed by atoms with Crippen LogP contribution < -0.4 is 10.6 Å². The molecule has 27 heavy (non-hydrogen) atoms. The van der Waals surface area contributed by atoms with Crippen molar-refractivity contribution >= 4 is 11.8 Å². The lowest BCUT2D eigenvalue weighted by Gasteiger charge is -2.14. The van der Waals surface area contributed by atoms with Crippen molar-refractivity contribution in [2.24, 2.45) is 0 Å². The molecule has 2 aromatic rings. The van der Waals surface area contributed by atoms with Gasteiger partial charge in [-0.3, -0.25) is 14.5 Å². The highest BCUT2D eigenvalue weighted by atomic mass is 19.1. The molecule has 2 amide bonds. The molecule has 6 heteroatoms. The normalized spacial score (nSPS) is 14.1. The molecule has 1 fully saturated rings. The molecular weight excluding hydrogens is 345 g/mol. The molecular formula is C21H24FN3O2. The Morgan fingerprint density at radius 1 is 0.926 bits per heavy atom. The first-order valence-corrected chi connectivity index (χ1v) is 9.21. The van der Waals surface area contributed by atoms with Gasteiger partial charge >= 0.3 is 0 Å². The number of likely N-dealkylation sites (tertiary alicyclic amines) is 1. The fourth-order valence-corrected chi connectivity index (χ4v) is 3.13. The van der Waals surface area contributed by atoms with Crippen LogP contribution in [0.2, 0.25) is 0 Å². The van der Waals surface area contributed by atoms with Gasteiger partial charge in [-0.05, 0) is 49.2 Å². The van der Waals surface area contributed by atoms with Crippen molar-refractivity contribution in [1.82, 2.24) is 15.5 Å². The lowest BCUT2D eigenvalue weighted by Crippen LogP contribution is -2.36. The van der Waals surface area contributed by atoms with Gasteiger partial charge in [0.1, 0.15) is 5.82 Å². The summed E-state index contributed by atoms with van der Waals surface area (Å²) in [4.78, 5) is 26.2. The van der Waals surface area contributed by atoms with Gasteiger partial charge in [-0.25, -0.2) is 4.39 Å². The second-order valence-corrected chi connectivity index (χ2v) is 6.74. The quantitative estimate of drug-likeness (QED) is 0.788. The number of amides is 2. The maximum atomic E-state index is 13.5. The molecule has 0 aliphatic carbocycles. The van der Waals surface area contributed by atoms with E-state index in [0.29, 0.717) is 6.54 Å². The van der Waals surface area contributed by atoms with Crippen LogP contribution in [0.4, 0.5) is 4.39 Å². The molecule has 142 valence electrons. The Bertz CT molecular complexity index is 786. The summed E-state index contributed by atoms with van der Waals surface area (Å²) in [6.07, 6.45) is 2.55. The largest absolute Gasteiger partial charge is 0.350 e. The Morgan fingerprint density at radius 3 is 2.30 bits per heavy atom. The van der Waals surface area contributed by atoms with Gasteiger partial charge in [0.2, 0.25) is 5.91 Å². The summed E-state index contributed by atoms with van der Waals surface area (Å²) in [6, 6.07) is 13.8. The van der Waals surface area contributed by atoms with Crippen LogP contribution in [0.15, 0.2) is 48.5 Å². The molecule has 3 rings (SSSR count). The van der Waals surface area contributed by atoms with Gasteiger partial charge in [-0.15, -0.1) is 0 Å². The molecule has 2 aromatic carbocycles. The molecule has 0 spiro atoms. The maximum absolute atomic E-state index is 13.5. The average Bonchev–Trinajstić information content (AvgIpc) is 3.19. The van der Waals surface area contributed by atoms with Crippen LogP contribution in [-0.2, 0) is 17.9 Å². The van der Waals surface area contributed by atoms with E-state index in [0.717, 1.165) is 25.2 Å². The van der Waals surface area contributed by atoms with Crippen molar-refractivity contribution in [3.63, 3.8) is 0 Å². The molecule has 0 atom stereocenters. The Kier molecular flexibility index (Phi) is 6.54. The second kappa shape index (κ2) is 9.28. The van der Waals surface area contributed by atoms with E-state index in [1.165, 1.54) is 36.6 Å². The number of halogens is 1. The number of carbonyl (C=O) groups excluding carboxylic acids is 2. The summed E-state index contributed by atoms with van der Waals surface area (Å²) in [5.74, 6) is -1.53. The van der Waals surface area contributed by atoms with Crippen molar-refractivity contribution in [2.75, 3.05) is 19.6 Å². The fourth-order valence-electron chi connectivity index (χ4n) is 3.13. The lowest BCUT2D eigenvalue weighted by molar-refractivity contribution is -0.120. The summed E-state index contributed by atoms with van der Waals surface area (Å²) in [5.41, 5.74) is 2.19. The van der Waals surface area contributed by atoms with E-state index in [1.54, 1.807) is 6.07 Å². The van der Waals surface area contributed by atoms with Gasteiger partial charge in [-0.2, -0.15) is 0 Å². The van der Waals surface area contributed by atoms with E-state index < -0.39 is 11.7 Å². The van der Waals surface area contributed by atoms with Gasteiger partial charge in [0, 0.05) is 13.1 Å². The van der Waals surface area contributed by atoms with Crippen LogP contribution in [0.3, 0.4) is 0 Å². The van der Waals surface area contributed by atoms with Crippen LogP contribution in [-0.4, -0.2) is 36.3 Å². The minimum atomic E-state index is -0.607. The van der Waals surface area contributed by atoms with E-state index >= 15 is 0 Å².